The van der Waals surface area contributed by atoms with Crippen LogP contribution < -0.4 is 10.6 Å². The van der Waals surface area contributed by atoms with E-state index in [1.54, 1.807) is 0 Å². The van der Waals surface area contributed by atoms with Gasteiger partial charge in [0.15, 0.2) is 25.2 Å². The normalized spacial score (nSPS) is 46.6. The lowest BCUT2D eigenvalue weighted by molar-refractivity contribution is -0.380. The quantitative estimate of drug-likeness (QED) is 0.0606. The summed E-state index contributed by atoms with van der Waals surface area (Å²) in [4.78, 5) is 37.2. The summed E-state index contributed by atoms with van der Waals surface area (Å²) in [7, 11) is 0. The van der Waals surface area contributed by atoms with Crippen molar-refractivity contribution in [2.75, 3.05) is 33.0 Å². The number of carbonyl (C=O) groups excluding carboxylic acids is 2. The number of carboxylic acid groups (broad SMARTS) is 1. The molecule has 0 spiro atoms. The molecule has 5 aliphatic rings. The summed E-state index contributed by atoms with van der Waals surface area (Å²) in [6, 6.07) is -3.36. The Morgan fingerprint density at radius 3 is 1.62 bits per heavy atom. The van der Waals surface area contributed by atoms with E-state index in [0.29, 0.717) is 0 Å². The van der Waals surface area contributed by atoms with E-state index in [9.17, 15) is 101 Å². The number of hydrogen-bond acceptors (Lipinski definition) is 28. The monoisotopic (exact) mass is 998 g/mol. The van der Waals surface area contributed by atoms with Crippen molar-refractivity contribution in [2.45, 2.75) is 179 Å². The topological polar surface area (TPSA) is 502 Å². The summed E-state index contributed by atoms with van der Waals surface area (Å²) in [5, 5.41) is 184. The molecule has 5 heterocycles. The fourth-order valence-corrected chi connectivity index (χ4v) is 8.43. The Labute approximate surface area is 384 Å². The molecule has 0 aromatic heterocycles. The lowest BCUT2D eigenvalue weighted by atomic mass is 9.88. The summed E-state index contributed by atoms with van der Waals surface area (Å²) in [6.45, 7) is -3.13. The van der Waals surface area contributed by atoms with E-state index in [-0.39, 0.29) is 0 Å². The van der Waals surface area contributed by atoms with Crippen molar-refractivity contribution < 1.29 is 144 Å². The molecule has 2 amide bonds. The van der Waals surface area contributed by atoms with Crippen LogP contribution >= 0.6 is 0 Å². The van der Waals surface area contributed by atoms with Gasteiger partial charge in [0.1, 0.15) is 116 Å². The highest BCUT2D eigenvalue weighted by Gasteiger charge is 2.59. The van der Waals surface area contributed by atoms with Crippen LogP contribution in [0.5, 0.6) is 0 Å². The smallest absolute Gasteiger partial charge is 0.364 e. The minimum atomic E-state index is -2.97. The molecular formula is C37H62N2O29. The number of carboxylic acids is 1. The van der Waals surface area contributed by atoms with Crippen molar-refractivity contribution in [2.24, 2.45) is 0 Å². The van der Waals surface area contributed by atoms with Gasteiger partial charge in [-0.2, -0.15) is 0 Å². The largest absolute Gasteiger partial charge is 0.477 e. The first-order chi connectivity index (χ1) is 31.9. The molecule has 5 rings (SSSR count). The van der Waals surface area contributed by atoms with Gasteiger partial charge in [-0.3, -0.25) is 9.59 Å². The molecule has 0 bridgehead atoms. The highest BCUT2D eigenvalue weighted by molar-refractivity contribution is 5.76. The second-order valence-corrected chi connectivity index (χ2v) is 16.9. The third kappa shape index (κ3) is 12.0. The van der Waals surface area contributed by atoms with Gasteiger partial charge in [-0.05, 0) is 0 Å². The number of carbonyl (C=O) groups is 3. The average Bonchev–Trinajstić information content (AvgIpc) is 3.29. The number of amides is 2. The van der Waals surface area contributed by atoms with Gasteiger partial charge in [-0.1, -0.05) is 0 Å². The van der Waals surface area contributed by atoms with Crippen LogP contribution in [-0.2, 0) is 57.0 Å². The van der Waals surface area contributed by atoms with Crippen LogP contribution in [0, 0.1) is 0 Å². The SMILES string of the molecule is CC(=O)N[C@H]1[C@H](O[C@@H]2[C@H](O)[C@@H](O)[C@H](O[C@H]3[C@H](O)[C@@H](O)[C@H](O)O[C@@H]3CO)O[C@@H]2CO)O[C@H](CO)[C@H](O)[C@@H]1O[C@@H]1O[C@H](CO[C@]2(C(=O)O)C[C@H](O)[C@@H](NC(C)=O)[C@H]([C@H](O)[C@H](O)CO)O2)[C@H](O)[C@H](O)[C@H]1O. The maximum Gasteiger partial charge on any atom is 0.364 e. The number of aliphatic hydroxyl groups is 16. The molecule has 5 saturated heterocycles. The molecule has 0 unspecified atom stereocenters. The maximum absolute atomic E-state index is 12.7. The zero-order valence-electron chi connectivity index (χ0n) is 36.2. The Kier molecular flexibility index (Phi) is 19.7. The van der Waals surface area contributed by atoms with Gasteiger partial charge in [0.2, 0.25) is 11.8 Å². The Bertz CT molecular complexity index is 1650. The zero-order chi connectivity index (χ0) is 50.7. The van der Waals surface area contributed by atoms with Crippen LogP contribution in [0.2, 0.25) is 0 Å². The van der Waals surface area contributed by atoms with Crippen LogP contribution in [-0.4, -0.2) is 297 Å². The van der Waals surface area contributed by atoms with Crippen molar-refractivity contribution in [3.63, 3.8) is 0 Å². The predicted molar refractivity (Wildman–Crippen MR) is 207 cm³/mol. The Morgan fingerprint density at radius 1 is 0.588 bits per heavy atom. The highest BCUT2D eigenvalue weighted by atomic mass is 16.8. The van der Waals surface area contributed by atoms with Crippen LogP contribution in [0.1, 0.15) is 20.3 Å². The summed E-state index contributed by atoms with van der Waals surface area (Å²) < 4.78 is 50.5. The van der Waals surface area contributed by atoms with E-state index >= 15 is 0 Å². The maximum atomic E-state index is 12.7. The van der Waals surface area contributed by atoms with E-state index in [1.165, 1.54) is 0 Å². The fourth-order valence-electron chi connectivity index (χ4n) is 8.43. The standard InChI is InChI=1S/C37H62N2O29/c1-9(44)38-17-11(46)3-37(36(58)59,68-31(17)19(48)12(47)4-40)60-8-16-20(49)22(51)26(55)34(64-16)67-30-18(39-10(2)45)33(62-13(5-41)21(30)50)65-29-15(7-43)63-35(27(56)24(29)53)66-28-14(6-42)61-32(57)25(54)23(28)52/h11-35,40-43,46-57H,3-8H2,1-2H3,(H,38,44)(H,39,45)(H,58,59)/t11-,12+,13+,14+,15+,16+,17+,18+,19+,20-,21-,22-,23+,24+,25+,26+,27+,28+,29-,30+,31+,32+,33-,34-,35-,37+/m0/s1. The van der Waals surface area contributed by atoms with Crippen molar-refractivity contribution in [1.29, 1.82) is 0 Å². The Balaban J connectivity index is 1.37. The minimum absolute atomic E-state index is 0.780. The first-order valence-electron chi connectivity index (χ1n) is 21.2. The number of nitrogens with one attached hydrogen (secondary N) is 2. The van der Waals surface area contributed by atoms with E-state index in [4.69, 9.17) is 42.6 Å². The first kappa shape index (κ1) is 56.3. The predicted octanol–water partition coefficient (Wildman–Crippen LogP) is -12.4. The number of rotatable bonds is 18. The van der Waals surface area contributed by atoms with E-state index in [1.807, 2.05) is 0 Å². The molecule has 5 aliphatic heterocycles. The first-order valence-corrected chi connectivity index (χ1v) is 21.2. The van der Waals surface area contributed by atoms with Crippen molar-refractivity contribution in [3.05, 3.63) is 0 Å². The van der Waals surface area contributed by atoms with Crippen molar-refractivity contribution >= 4 is 17.8 Å². The number of aliphatic carboxylic acids is 1. The molecule has 0 radical (unpaired) electrons. The van der Waals surface area contributed by atoms with Gasteiger partial charge in [-0.15, -0.1) is 0 Å². The van der Waals surface area contributed by atoms with Gasteiger partial charge in [0.25, 0.3) is 5.79 Å². The minimum Gasteiger partial charge on any atom is -0.477 e. The Morgan fingerprint density at radius 2 is 1.07 bits per heavy atom. The van der Waals surface area contributed by atoms with Gasteiger partial charge >= 0.3 is 5.97 Å². The molecule has 0 saturated carbocycles. The molecule has 0 aromatic rings. The number of ether oxygens (including phenoxy) is 9. The third-order valence-corrected chi connectivity index (χ3v) is 12.1. The van der Waals surface area contributed by atoms with E-state index < -0.39 is 216 Å². The number of aliphatic hydroxyl groups excluding tert-OH is 16. The van der Waals surface area contributed by atoms with Gasteiger partial charge in [0.05, 0.1) is 45.2 Å². The summed E-state index contributed by atoms with van der Waals surface area (Å²) in [5.41, 5.74) is 0. The van der Waals surface area contributed by atoms with Crippen molar-refractivity contribution in [1.82, 2.24) is 10.6 Å². The lowest BCUT2D eigenvalue weighted by Gasteiger charge is -2.50. The molecule has 394 valence electrons. The molecule has 5 fully saturated rings. The average molecular weight is 999 g/mol. The molecular weight excluding hydrogens is 936 g/mol. The molecule has 0 aliphatic carbocycles. The van der Waals surface area contributed by atoms with Crippen LogP contribution in [0.4, 0.5) is 0 Å². The van der Waals surface area contributed by atoms with E-state index in [2.05, 4.69) is 10.6 Å². The van der Waals surface area contributed by atoms with Crippen molar-refractivity contribution in [3.8, 4) is 0 Å². The third-order valence-electron chi connectivity index (χ3n) is 12.1. The highest BCUT2D eigenvalue weighted by Crippen LogP contribution is 2.37. The van der Waals surface area contributed by atoms with Gasteiger partial charge < -0.3 is 140 Å². The Hall–Kier alpha value is -2.59. The second kappa shape index (κ2) is 23.8. The fraction of sp³-hybridized carbons (Fsp3) is 0.919. The van der Waals surface area contributed by atoms with Crippen LogP contribution in [0.25, 0.3) is 0 Å². The molecule has 0 aromatic carbocycles. The molecule has 31 heteroatoms. The van der Waals surface area contributed by atoms with E-state index in [0.717, 1.165) is 13.8 Å². The van der Waals surface area contributed by atoms with Gasteiger partial charge in [0, 0.05) is 20.3 Å². The van der Waals surface area contributed by atoms with Crippen LogP contribution in [0.3, 0.4) is 0 Å². The lowest BCUT2D eigenvalue weighted by Crippen LogP contribution is -2.70. The summed E-state index contributed by atoms with van der Waals surface area (Å²) in [5.74, 6) is -6.59. The summed E-state index contributed by atoms with van der Waals surface area (Å²) >= 11 is 0. The molecule has 31 nitrogen and oxygen atoms in total. The molecule has 26 atom stereocenters. The van der Waals surface area contributed by atoms with Crippen LogP contribution in [0.15, 0.2) is 0 Å². The summed E-state index contributed by atoms with van der Waals surface area (Å²) in [6.07, 6.45) is -46.1. The van der Waals surface area contributed by atoms with Gasteiger partial charge in [-0.25, -0.2) is 4.79 Å². The molecule has 68 heavy (non-hydrogen) atoms. The molecule has 19 N–H and O–H groups in total. The second-order valence-electron chi connectivity index (χ2n) is 16.9. The number of hydrogen-bond donors (Lipinski definition) is 19. The zero-order valence-corrected chi connectivity index (χ0v) is 36.2.